The zero-order valence-electron chi connectivity index (χ0n) is 12.6. The molecule has 0 aromatic heterocycles. The number of carbonyl (C=O) groups is 1. The Bertz CT molecular complexity index is 622. The van der Waals surface area contributed by atoms with Gasteiger partial charge in [-0.05, 0) is 55.2 Å². The molecule has 0 aliphatic heterocycles. The third kappa shape index (κ3) is 5.13. The molecule has 0 amide bonds. The second kappa shape index (κ2) is 7.50. The lowest BCUT2D eigenvalue weighted by Crippen LogP contribution is -2.18. The number of aromatic hydroxyl groups is 1. The van der Waals surface area contributed by atoms with Gasteiger partial charge in [-0.15, -0.1) is 0 Å². The molecule has 2 aromatic carbocycles. The van der Waals surface area contributed by atoms with Gasteiger partial charge in [-0.2, -0.15) is 0 Å². The van der Waals surface area contributed by atoms with Gasteiger partial charge in [0.2, 0.25) is 0 Å². The topological polar surface area (TPSA) is 69.6 Å². The number of carboxylic acids is 1. The number of rotatable bonds is 7. The summed E-state index contributed by atoms with van der Waals surface area (Å²) in [5, 5.41) is 21.5. The van der Waals surface area contributed by atoms with E-state index in [0.29, 0.717) is 6.42 Å². The van der Waals surface area contributed by atoms with E-state index in [1.54, 1.807) is 12.1 Å². The zero-order chi connectivity index (χ0) is 15.9. The Balaban J connectivity index is 1.93. The lowest BCUT2D eigenvalue weighted by atomic mass is 10.1. The molecule has 0 bridgehead atoms. The summed E-state index contributed by atoms with van der Waals surface area (Å²) in [7, 11) is 0. The van der Waals surface area contributed by atoms with Gasteiger partial charge in [-0.3, -0.25) is 4.79 Å². The minimum absolute atomic E-state index is 0.145. The number of carboxylic acid groups (broad SMARTS) is 1. The number of hydrogen-bond donors (Lipinski definition) is 3. The second-order valence-electron chi connectivity index (χ2n) is 5.51. The third-order valence-corrected chi connectivity index (χ3v) is 3.45. The first kappa shape index (κ1) is 15.9. The molecule has 22 heavy (non-hydrogen) atoms. The Morgan fingerprint density at radius 1 is 1.14 bits per heavy atom. The van der Waals surface area contributed by atoms with Crippen molar-refractivity contribution in [1.29, 1.82) is 0 Å². The minimum atomic E-state index is -0.779. The van der Waals surface area contributed by atoms with Crippen LogP contribution in [-0.4, -0.2) is 22.2 Å². The van der Waals surface area contributed by atoms with Gasteiger partial charge in [0, 0.05) is 18.2 Å². The van der Waals surface area contributed by atoms with Crippen LogP contribution in [0.15, 0.2) is 48.5 Å². The van der Waals surface area contributed by atoms with Gasteiger partial charge in [0.05, 0.1) is 0 Å². The minimum Gasteiger partial charge on any atom is -0.508 e. The van der Waals surface area contributed by atoms with Crippen molar-refractivity contribution in [3.63, 3.8) is 0 Å². The highest BCUT2D eigenvalue weighted by Crippen LogP contribution is 2.16. The lowest BCUT2D eigenvalue weighted by molar-refractivity contribution is -0.136. The van der Waals surface area contributed by atoms with Crippen molar-refractivity contribution >= 4 is 11.7 Å². The Kier molecular flexibility index (Phi) is 5.42. The fourth-order valence-electron chi connectivity index (χ4n) is 2.39. The Morgan fingerprint density at radius 2 is 1.86 bits per heavy atom. The summed E-state index contributed by atoms with van der Waals surface area (Å²) in [4.78, 5) is 10.6. The summed E-state index contributed by atoms with van der Waals surface area (Å²) in [6.45, 7) is 2.09. The molecule has 0 fully saturated rings. The highest BCUT2D eigenvalue weighted by atomic mass is 16.4. The molecular formula is C18H21NO3. The number of nitrogens with one attached hydrogen (secondary N) is 1. The van der Waals surface area contributed by atoms with Crippen LogP contribution in [0.2, 0.25) is 0 Å². The Hall–Kier alpha value is -2.49. The lowest BCUT2D eigenvalue weighted by Gasteiger charge is -2.16. The van der Waals surface area contributed by atoms with Gasteiger partial charge in [-0.1, -0.05) is 24.3 Å². The average Bonchev–Trinajstić information content (AvgIpc) is 2.48. The number of aryl methyl sites for hydroxylation is 1. The van der Waals surface area contributed by atoms with Crippen molar-refractivity contribution in [3.8, 4) is 5.75 Å². The standard InChI is InChI=1S/C18H21NO3/c1-13(11-15-5-8-17(20)9-6-15)19-16-4-2-3-14(12-16)7-10-18(21)22/h2-6,8-9,12-13,19-20H,7,10-11H2,1H3,(H,21,22). The molecule has 0 heterocycles. The van der Waals surface area contributed by atoms with Crippen molar-refractivity contribution in [2.75, 3.05) is 5.32 Å². The van der Waals surface area contributed by atoms with Crippen molar-refractivity contribution in [2.45, 2.75) is 32.2 Å². The van der Waals surface area contributed by atoms with Gasteiger partial charge >= 0.3 is 5.97 Å². The average molecular weight is 299 g/mol. The molecule has 0 aliphatic carbocycles. The van der Waals surface area contributed by atoms with Gasteiger partial charge < -0.3 is 15.5 Å². The fraction of sp³-hybridized carbons (Fsp3) is 0.278. The fourth-order valence-corrected chi connectivity index (χ4v) is 2.39. The summed E-state index contributed by atoms with van der Waals surface area (Å²) >= 11 is 0. The van der Waals surface area contributed by atoms with Crippen LogP contribution in [0.4, 0.5) is 5.69 Å². The van der Waals surface area contributed by atoms with E-state index in [0.717, 1.165) is 23.2 Å². The van der Waals surface area contributed by atoms with Gasteiger partial charge in [0.1, 0.15) is 5.75 Å². The van der Waals surface area contributed by atoms with E-state index in [4.69, 9.17) is 5.11 Å². The molecule has 116 valence electrons. The van der Waals surface area contributed by atoms with Crippen molar-refractivity contribution in [2.24, 2.45) is 0 Å². The van der Waals surface area contributed by atoms with Gasteiger partial charge in [0.15, 0.2) is 0 Å². The van der Waals surface area contributed by atoms with Crippen LogP contribution < -0.4 is 5.32 Å². The van der Waals surface area contributed by atoms with Crippen LogP contribution in [0.1, 0.15) is 24.5 Å². The first-order valence-corrected chi connectivity index (χ1v) is 7.38. The number of benzene rings is 2. The molecule has 1 unspecified atom stereocenters. The van der Waals surface area contributed by atoms with E-state index >= 15 is 0 Å². The van der Waals surface area contributed by atoms with E-state index in [-0.39, 0.29) is 18.2 Å². The van der Waals surface area contributed by atoms with E-state index in [1.165, 1.54) is 0 Å². The molecule has 4 nitrogen and oxygen atoms in total. The number of phenolic OH excluding ortho intramolecular Hbond substituents is 1. The number of hydrogen-bond acceptors (Lipinski definition) is 3. The maximum atomic E-state index is 10.6. The zero-order valence-corrected chi connectivity index (χ0v) is 12.6. The van der Waals surface area contributed by atoms with Crippen molar-refractivity contribution in [3.05, 3.63) is 59.7 Å². The summed E-state index contributed by atoms with van der Waals surface area (Å²) < 4.78 is 0. The number of aliphatic carboxylic acids is 1. The predicted molar refractivity (Wildman–Crippen MR) is 87.3 cm³/mol. The van der Waals surface area contributed by atoms with E-state index in [9.17, 15) is 9.90 Å². The van der Waals surface area contributed by atoms with Crippen LogP contribution >= 0.6 is 0 Å². The largest absolute Gasteiger partial charge is 0.508 e. The van der Waals surface area contributed by atoms with Crippen LogP contribution in [0.3, 0.4) is 0 Å². The Labute approximate surface area is 130 Å². The van der Waals surface area contributed by atoms with Crippen LogP contribution in [0, 0.1) is 0 Å². The van der Waals surface area contributed by atoms with E-state index < -0.39 is 5.97 Å². The van der Waals surface area contributed by atoms with Crippen LogP contribution in [0.5, 0.6) is 5.75 Å². The summed E-state index contributed by atoms with van der Waals surface area (Å²) in [5.74, 6) is -0.505. The molecular weight excluding hydrogens is 278 g/mol. The molecule has 2 rings (SSSR count). The normalized spacial score (nSPS) is 11.9. The maximum absolute atomic E-state index is 10.6. The molecule has 0 radical (unpaired) electrons. The van der Waals surface area contributed by atoms with Gasteiger partial charge in [-0.25, -0.2) is 0 Å². The van der Waals surface area contributed by atoms with E-state index in [2.05, 4.69) is 12.2 Å². The molecule has 3 N–H and O–H groups in total. The molecule has 0 spiro atoms. The van der Waals surface area contributed by atoms with E-state index in [1.807, 2.05) is 36.4 Å². The predicted octanol–water partition coefficient (Wildman–Crippen LogP) is 3.45. The number of phenols is 1. The molecule has 0 saturated carbocycles. The summed E-state index contributed by atoms with van der Waals surface area (Å²) in [6, 6.07) is 15.3. The quantitative estimate of drug-likeness (QED) is 0.732. The first-order chi connectivity index (χ1) is 10.5. The monoisotopic (exact) mass is 299 g/mol. The number of anilines is 1. The SMILES string of the molecule is CC(Cc1ccc(O)cc1)Nc1cccc(CCC(=O)O)c1. The van der Waals surface area contributed by atoms with Gasteiger partial charge in [0.25, 0.3) is 0 Å². The van der Waals surface area contributed by atoms with Crippen molar-refractivity contribution in [1.82, 2.24) is 0 Å². The first-order valence-electron chi connectivity index (χ1n) is 7.38. The highest BCUT2D eigenvalue weighted by Gasteiger charge is 2.05. The molecule has 4 heteroatoms. The Morgan fingerprint density at radius 3 is 2.55 bits per heavy atom. The van der Waals surface area contributed by atoms with Crippen molar-refractivity contribution < 1.29 is 15.0 Å². The highest BCUT2D eigenvalue weighted by molar-refractivity contribution is 5.67. The second-order valence-corrected chi connectivity index (χ2v) is 5.51. The maximum Gasteiger partial charge on any atom is 0.303 e. The molecule has 2 aromatic rings. The molecule has 0 saturated heterocycles. The smallest absolute Gasteiger partial charge is 0.303 e. The van der Waals surface area contributed by atoms with Crippen LogP contribution in [0.25, 0.3) is 0 Å². The summed E-state index contributed by atoms with van der Waals surface area (Å²) in [5.41, 5.74) is 3.17. The van der Waals surface area contributed by atoms with Crippen LogP contribution in [-0.2, 0) is 17.6 Å². The third-order valence-electron chi connectivity index (χ3n) is 3.45. The molecule has 1 atom stereocenters. The molecule has 0 aliphatic rings. The summed E-state index contributed by atoms with van der Waals surface area (Å²) in [6.07, 6.45) is 1.53.